The minimum atomic E-state index is -3.16. The van der Waals surface area contributed by atoms with Gasteiger partial charge >= 0.3 is 11.9 Å². The molecule has 2 aromatic rings. The highest BCUT2D eigenvalue weighted by Gasteiger charge is 2.64. The van der Waals surface area contributed by atoms with Crippen molar-refractivity contribution in [1.82, 2.24) is 20.1 Å². The first-order valence-electron chi connectivity index (χ1n) is 14.0. The number of nitrogens with zero attached hydrogens (tertiary/aromatic N) is 4. The first-order chi connectivity index (χ1) is 20.5. The monoisotopic (exact) mass is 617 g/mol. The standard InChI is InChI=1S/C29H30F3N5O5S/c1-3-42-25(38)21-19(34-23(24-33-9-10-43-24)35-22(21)16-5-4-6-18(30)15(16)2)12-37-14-29(31,32)17-11-36(13-20(17)37)26(39)28(7-8-28)27(40)41/h4-6,9-10,17,20,22H,3,7-8,11-14H2,1-2H3,(H,34,35)(H,40,41). The van der Waals surface area contributed by atoms with Gasteiger partial charge in [-0.3, -0.25) is 19.5 Å². The molecule has 3 atom stereocenters. The van der Waals surface area contributed by atoms with Crippen LogP contribution >= 0.6 is 11.3 Å². The van der Waals surface area contributed by atoms with Crippen LogP contribution in [-0.4, -0.2) is 88.3 Å². The Hall–Kier alpha value is -3.78. The molecular weight excluding hydrogens is 587 g/mol. The summed E-state index contributed by atoms with van der Waals surface area (Å²) in [5.41, 5.74) is -0.503. The zero-order chi connectivity index (χ0) is 30.7. The number of likely N-dealkylation sites (tertiary alicyclic amines) is 2. The molecule has 228 valence electrons. The van der Waals surface area contributed by atoms with Crippen molar-refractivity contribution in [3.05, 3.63) is 63.0 Å². The number of aliphatic imine (C=N–C) groups is 1. The molecule has 1 aromatic heterocycles. The topological polar surface area (TPSA) is 124 Å². The molecule has 6 rings (SSSR count). The number of amidine groups is 1. The molecule has 3 fully saturated rings. The van der Waals surface area contributed by atoms with Crippen LogP contribution in [0, 0.1) is 24.1 Å². The third kappa shape index (κ3) is 4.99. The van der Waals surface area contributed by atoms with Gasteiger partial charge in [0.25, 0.3) is 5.92 Å². The Morgan fingerprint density at radius 3 is 2.65 bits per heavy atom. The molecule has 4 aliphatic rings. The predicted octanol–water partition coefficient (Wildman–Crippen LogP) is 3.14. The maximum Gasteiger partial charge on any atom is 0.338 e. The highest BCUT2D eigenvalue weighted by molar-refractivity contribution is 7.11. The van der Waals surface area contributed by atoms with Crippen LogP contribution in [0.3, 0.4) is 0 Å². The molecule has 0 bridgehead atoms. The fourth-order valence-corrected chi connectivity index (χ4v) is 6.92. The van der Waals surface area contributed by atoms with Crippen molar-refractivity contribution >= 4 is 35.0 Å². The van der Waals surface area contributed by atoms with Crippen LogP contribution in [0.1, 0.15) is 41.9 Å². The Bertz CT molecular complexity index is 1540. The predicted molar refractivity (Wildman–Crippen MR) is 149 cm³/mol. The van der Waals surface area contributed by atoms with Gasteiger partial charge in [-0.05, 0) is 43.9 Å². The minimum absolute atomic E-state index is 0.0440. The number of hydrogen-bond donors (Lipinski definition) is 2. The summed E-state index contributed by atoms with van der Waals surface area (Å²) < 4.78 is 50.9. The number of nitrogens with one attached hydrogen (secondary N) is 1. The SMILES string of the molecule is CCOC(=O)C1=C(CN2CC(F)(F)C3CN(C(=O)C4(C(=O)O)CC4)CC32)NC(c2nccs2)=NC1c1cccc(F)c1C. The third-order valence-electron chi connectivity index (χ3n) is 8.79. The number of fused-ring (bicyclic) bond motifs is 1. The van der Waals surface area contributed by atoms with Crippen LogP contribution in [0.15, 0.2) is 46.0 Å². The Morgan fingerprint density at radius 2 is 2.00 bits per heavy atom. The highest BCUT2D eigenvalue weighted by Crippen LogP contribution is 2.50. The zero-order valence-electron chi connectivity index (χ0n) is 23.5. The van der Waals surface area contributed by atoms with E-state index in [4.69, 9.17) is 9.73 Å². The second-order valence-electron chi connectivity index (χ2n) is 11.3. The molecule has 4 heterocycles. The molecule has 0 spiro atoms. The Labute approximate surface area is 249 Å². The van der Waals surface area contributed by atoms with E-state index in [0.717, 1.165) is 0 Å². The number of carboxylic acids is 1. The van der Waals surface area contributed by atoms with Crippen LogP contribution in [0.25, 0.3) is 0 Å². The number of amides is 1. The van der Waals surface area contributed by atoms with E-state index in [-0.39, 0.29) is 55.9 Å². The van der Waals surface area contributed by atoms with Crippen molar-refractivity contribution in [2.45, 2.75) is 44.7 Å². The number of carbonyl (C=O) groups excluding carboxylic acids is 2. The van der Waals surface area contributed by atoms with Gasteiger partial charge in [-0.1, -0.05) is 12.1 Å². The van der Waals surface area contributed by atoms with Gasteiger partial charge in [-0.2, -0.15) is 0 Å². The number of alkyl halides is 2. The van der Waals surface area contributed by atoms with E-state index < -0.39 is 59.5 Å². The molecule has 43 heavy (non-hydrogen) atoms. The summed E-state index contributed by atoms with van der Waals surface area (Å²) in [6.07, 6.45) is 1.95. The van der Waals surface area contributed by atoms with Crippen LogP contribution in [0.2, 0.25) is 0 Å². The average molecular weight is 618 g/mol. The zero-order valence-corrected chi connectivity index (χ0v) is 24.3. The van der Waals surface area contributed by atoms with Gasteiger partial charge in [0.05, 0.1) is 24.6 Å². The molecule has 1 saturated carbocycles. The normalized spacial score (nSPS) is 25.7. The van der Waals surface area contributed by atoms with E-state index in [9.17, 15) is 23.9 Å². The highest BCUT2D eigenvalue weighted by atomic mass is 32.1. The number of benzene rings is 1. The lowest BCUT2D eigenvalue weighted by Gasteiger charge is -2.32. The second-order valence-corrected chi connectivity index (χ2v) is 12.2. The van der Waals surface area contributed by atoms with Crippen LogP contribution in [0.4, 0.5) is 13.2 Å². The Balaban J connectivity index is 1.38. The number of aliphatic carboxylic acids is 1. The number of ether oxygens (including phenoxy) is 1. The van der Waals surface area contributed by atoms with Gasteiger partial charge in [0, 0.05) is 43.0 Å². The number of rotatable bonds is 8. The summed E-state index contributed by atoms with van der Waals surface area (Å²) in [5, 5.41) is 15.0. The maximum atomic E-state index is 15.4. The first-order valence-corrected chi connectivity index (χ1v) is 14.9. The number of halogens is 3. The van der Waals surface area contributed by atoms with Crippen molar-refractivity contribution in [1.29, 1.82) is 0 Å². The van der Waals surface area contributed by atoms with Gasteiger partial charge < -0.3 is 20.1 Å². The van der Waals surface area contributed by atoms with E-state index in [1.165, 1.54) is 33.3 Å². The molecule has 2 N–H and O–H groups in total. The van der Waals surface area contributed by atoms with Gasteiger partial charge in [0.2, 0.25) is 5.91 Å². The molecule has 1 amide bonds. The maximum absolute atomic E-state index is 15.4. The summed E-state index contributed by atoms with van der Waals surface area (Å²) in [6, 6.07) is 2.69. The van der Waals surface area contributed by atoms with E-state index in [1.54, 1.807) is 31.5 Å². The number of aromatic nitrogens is 1. The van der Waals surface area contributed by atoms with E-state index in [2.05, 4.69) is 10.3 Å². The average Bonchev–Trinajstić information content (AvgIpc) is 3.28. The van der Waals surface area contributed by atoms with Crippen molar-refractivity contribution in [3.8, 4) is 0 Å². The number of carbonyl (C=O) groups is 3. The number of carboxylic acid groups (broad SMARTS) is 1. The van der Waals surface area contributed by atoms with Crippen molar-refractivity contribution in [2.75, 3.05) is 32.8 Å². The molecule has 2 saturated heterocycles. The molecule has 10 nitrogen and oxygen atoms in total. The second kappa shape index (κ2) is 10.7. The molecule has 14 heteroatoms. The lowest BCUT2D eigenvalue weighted by atomic mass is 9.92. The number of thiazole rings is 1. The molecule has 1 aliphatic carbocycles. The largest absolute Gasteiger partial charge is 0.480 e. The fraction of sp³-hybridized carbons (Fsp3) is 0.483. The van der Waals surface area contributed by atoms with E-state index in [0.29, 0.717) is 16.4 Å². The lowest BCUT2D eigenvalue weighted by molar-refractivity contribution is -0.153. The Kier molecular flexibility index (Phi) is 7.32. The summed E-state index contributed by atoms with van der Waals surface area (Å²) >= 11 is 1.28. The quantitative estimate of drug-likeness (QED) is 0.342. The van der Waals surface area contributed by atoms with Gasteiger partial charge in [-0.25, -0.2) is 22.9 Å². The lowest BCUT2D eigenvalue weighted by Crippen LogP contribution is -2.45. The van der Waals surface area contributed by atoms with Crippen LogP contribution in [0.5, 0.6) is 0 Å². The third-order valence-corrected chi connectivity index (χ3v) is 9.57. The smallest absolute Gasteiger partial charge is 0.338 e. The van der Waals surface area contributed by atoms with E-state index >= 15 is 8.78 Å². The molecule has 3 aliphatic heterocycles. The molecule has 3 unspecified atom stereocenters. The van der Waals surface area contributed by atoms with Gasteiger partial charge in [-0.15, -0.1) is 11.3 Å². The summed E-state index contributed by atoms with van der Waals surface area (Å²) in [5.74, 6) is -7.14. The minimum Gasteiger partial charge on any atom is -0.480 e. The Morgan fingerprint density at radius 1 is 1.23 bits per heavy atom. The van der Waals surface area contributed by atoms with Crippen molar-refractivity contribution in [2.24, 2.45) is 16.3 Å². The van der Waals surface area contributed by atoms with Crippen molar-refractivity contribution < 1.29 is 37.4 Å². The van der Waals surface area contributed by atoms with Gasteiger partial charge in [0.15, 0.2) is 10.8 Å². The summed E-state index contributed by atoms with van der Waals surface area (Å²) in [4.78, 5) is 50.1. The van der Waals surface area contributed by atoms with Crippen LogP contribution in [-0.2, 0) is 19.1 Å². The number of esters is 1. The molecule has 0 radical (unpaired) electrons. The molecular formula is C29H30F3N5O5S. The van der Waals surface area contributed by atoms with Gasteiger partial charge in [0.1, 0.15) is 17.3 Å². The summed E-state index contributed by atoms with van der Waals surface area (Å²) in [6.45, 7) is 2.18. The molecule has 1 aromatic carbocycles. The van der Waals surface area contributed by atoms with Crippen LogP contribution < -0.4 is 5.32 Å². The fourth-order valence-electron chi connectivity index (χ4n) is 6.33. The van der Waals surface area contributed by atoms with Crippen molar-refractivity contribution in [3.63, 3.8) is 0 Å². The first kappa shape index (κ1) is 29.3. The number of hydrogen-bond acceptors (Lipinski definition) is 9. The summed E-state index contributed by atoms with van der Waals surface area (Å²) in [7, 11) is 0. The van der Waals surface area contributed by atoms with E-state index in [1.807, 2.05) is 0 Å².